The summed E-state index contributed by atoms with van der Waals surface area (Å²) in [7, 11) is 0. The van der Waals surface area contributed by atoms with Gasteiger partial charge in [-0.25, -0.2) is 0 Å². The van der Waals surface area contributed by atoms with Gasteiger partial charge in [-0.2, -0.15) is 0 Å². The number of carbonyl (C=O) groups excluding carboxylic acids is 1. The van der Waals surface area contributed by atoms with Crippen molar-refractivity contribution in [3.63, 3.8) is 0 Å². The molecule has 0 aliphatic carbocycles. The van der Waals surface area contributed by atoms with Crippen LogP contribution >= 0.6 is 0 Å². The van der Waals surface area contributed by atoms with Crippen LogP contribution in [0.2, 0.25) is 0 Å². The fourth-order valence-electron chi connectivity index (χ4n) is 6.09. The van der Waals surface area contributed by atoms with Gasteiger partial charge in [0.25, 0.3) is 5.56 Å². The van der Waals surface area contributed by atoms with Crippen LogP contribution in [0.15, 0.2) is 77.6 Å². The van der Waals surface area contributed by atoms with Gasteiger partial charge in [-0.1, -0.05) is 67.6 Å². The highest BCUT2D eigenvalue weighted by atomic mass is 16.3. The molecule has 6 heteroatoms. The van der Waals surface area contributed by atoms with E-state index in [0.717, 1.165) is 29.8 Å². The highest BCUT2D eigenvalue weighted by molar-refractivity contribution is 5.83. The van der Waals surface area contributed by atoms with Crippen molar-refractivity contribution in [2.75, 3.05) is 13.2 Å². The van der Waals surface area contributed by atoms with Gasteiger partial charge in [0.15, 0.2) is 0 Å². The van der Waals surface area contributed by atoms with Crippen LogP contribution in [0.1, 0.15) is 43.6 Å². The van der Waals surface area contributed by atoms with Gasteiger partial charge >= 0.3 is 0 Å². The molecule has 2 aliphatic heterocycles. The van der Waals surface area contributed by atoms with Gasteiger partial charge in [-0.05, 0) is 43.1 Å². The zero-order valence-electron chi connectivity index (χ0n) is 20.3. The molecule has 1 fully saturated rings. The maximum absolute atomic E-state index is 13.6. The van der Waals surface area contributed by atoms with Crippen molar-refractivity contribution in [1.29, 1.82) is 0 Å². The average molecular weight is 472 g/mol. The fraction of sp³-hybridized carbons (Fsp3) is 0.379. The molecule has 3 aromatic rings. The van der Waals surface area contributed by atoms with Crippen LogP contribution in [0.4, 0.5) is 0 Å². The van der Waals surface area contributed by atoms with Crippen molar-refractivity contribution in [2.45, 2.75) is 44.9 Å². The molecule has 6 nitrogen and oxygen atoms in total. The van der Waals surface area contributed by atoms with Gasteiger partial charge in [0.1, 0.15) is 0 Å². The third kappa shape index (κ3) is 4.11. The summed E-state index contributed by atoms with van der Waals surface area (Å²) in [5.41, 5.74) is 3.57. The van der Waals surface area contributed by atoms with Crippen molar-refractivity contribution in [3.8, 4) is 11.1 Å². The first kappa shape index (κ1) is 23.5. The Morgan fingerprint density at radius 2 is 1.74 bits per heavy atom. The molecule has 2 aliphatic rings. The van der Waals surface area contributed by atoms with Gasteiger partial charge < -0.3 is 15.0 Å². The molecule has 5 rings (SSSR count). The number of fused-ring (bicyclic) bond motifs is 3. The predicted octanol–water partition coefficient (Wildman–Crippen LogP) is 3.77. The van der Waals surface area contributed by atoms with Crippen LogP contribution < -0.4 is 10.9 Å². The lowest BCUT2D eigenvalue weighted by Gasteiger charge is -2.31. The number of rotatable bonds is 7. The minimum absolute atomic E-state index is 0.00469. The fourth-order valence-corrected chi connectivity index (χ4v) is 6.09. The summed E-state index contributed by atoms with van der Waals surface area (Å²) >= 11 is 0. The summed E-state index contributed by atoms with van der Waals surface area (Å²) in [6.07, 6.45) is 0.881. The second-order valence-electron chi connectivity index (χ2n) is 9.73. The van der Waals surface area contributed by atoms with E-state index >= 15 is 0 Å². The summed E-state index contributed by atoms with van der Waals surface area (Å²) < 4.78 is 1.86. The first-order valence-electron chi connectivity index (χ1n) is 12.6. The Labute approximate surface area is 206 Å². The van der Waals surface area contributed by atoms with E-state index in [1.54, 1.807) is 0 Å². The lowest BCUT2D eigenvalue weighted by molar-refractivity contribution is -0.128. The van der Waals surface area contributed by atoms with E-state index in [-0.39, 0.29) is 42.0 Å². The smallest absolute Gasteiger partial charge is 0.258 e. The molecule has 3 heterocycles. The molecule has 182 valence electrons. The van der Waals surface area contributed by atoms with E-state index in [4.69, 9.17) is 0 Å². The number of nitrogens with one attached hydrogen (secondary N) is 1. The minimum Gasteiger partial charge on any atom is -0.396 e. The van der Waals surface area contributed by atoms with Crippen LogP contribution in [-0.2, 0) is 11.3 Å². The van der Waals surface area contributed by atoms with Crippen LogP contribution in [0.5, 0.6) is 0 Å². The third-order valence-electron chi connectivity index (χ3n) is 7.68. The average Bonchev–Trinajstić information content (AvgIpc) is 3.41. The molecule has 5 atom stereocenters. The topological polar surface area (TPSA) is 74.6 Å². The molecule has 1 amide bonds. The predicted molar refractivity (Wildman–Crippen MR) is 137 cm³/mol. The molecule has 0 radical (unpaired) electrons. The number of nitrogens with zero attached hydrogens (tertiary/aromatic N) is 2. The Balaban J connectivity index is 1.47. The molecule has 1 saturated heterocycles. The number of hydrogen-bond donors (Lipinski definition) is 2. The Morgan fingerprint density at radius 3 is 2.40 bits per heavy atom. The number of amides is 1. The molecule has 0 saturated carbocycles. The standard InChI is InChI=1S/C29H33N3O3/c1-3-16-31-26-23(17-32-25(26)15-14-22(29(32)35)21-12-8-5-9-13-21)24(18-33)27(31)28(34)30-19(2)20-10-6-4-7-11-20/h4-15,19,23-24,26-27,33H,3,16-18H2,1-2H3,(H,30,34)/t19-,23-,24-,26+,27-/m1/s1. The molecule has 2 N–H and O–H groups in total. The second-order valence-corrected chi connectivity index (χ2v) is 9.73. The zero-order valence-corrected chi connectivity index (χ0v) is 20.3. The van der Waals surface area contributed by atoms with Crippen molar-refractivity contribution < 1.29 is 9.90 Å². The van der Waals surface area contributed by atoms with E-state index in [1.807, 2.05) is 84.3 Å². The second kappa shape index (κ2) is 9.80. The van der Waals surface area contributed by atoms with Crippen molar-refractivity contribution in [3.05, 3.63) is 94.4 Å². The van der Waals surface area contributed by atoms with Crippen LogP contribution in [0, 0.1) is 11.8 Å². The third-order valence-corrected chi connectivity index (χ3v) is 7.68. The van der Waals surface area contributed by atoms with Crippen LogP contribution in [0.3, 0.4) is 0 Å². The van der Waals surface area contributed by atoms with E-state index < -0.39 is 6.04 Å². The highest BCUT2D eigenvalue weighted by Crippen LogP contribution is 2.49. The quantitative estimate of drug-likeness (QED) is 0.550. The van der Waals surface area contributed by atoms with Crippen molar-refractivity contribution in [2.24, 2.45) is 11.8 Å². The molecular weight excluding hydrogens is 438 g/mol. The monoisotopic (exact) mass is 471 g/mol. The lowest BCUT2D eigenvalue weighted by Crippen LogP contribution is -2.49. The number of benzene rings is 2. The van der Waals surface area contributed by atoms with Gasteiger partial charge in [0.2, 0.25) is 5.91 Å². The van der Waals surface area contributed by atoms with Crippen LogP contribution in [0.25, 0.3) is 11.1 Å². The normalized spacial score (nSPS) is 24.1. The number of aliphatic hydroxyl groups is 1. The molecule has 1 aromatic heterocycles. The lowest BCUT2D eigenvalue weighted by atomic mass is 9.88. The van der Waals surface area contributed by atoms with Gasteiger partial charge in [0.05, 0.1) is 18.1 Å². The van der Waals surface area contributed by atoms with Gasteiger partial charge in [-0.3, -0.25) is 14.5 Å². The number of pyridine rings is 1. The Hall–Kier alpha value is -3.22. The van der Waals surface area contributed by atoms with Crippen molar-refractivity contribution >= 4 is 5.91 Å². The van der Waals surface area contributed by atoms with Gasteiger partial charge in [-0.15, -0.1) is 0 Å². The first-order chi connectivity index (χ1) is 17.0. The molecule has 35 heavy (non-hydrogen) atoms. The largest absolute Gasteiger partial charge is 0.396 e. The highest BCUT2D eigenvalue weighted by Gasteiger charge is 2.55. The summed E-state index contributed by atoms with van der Waals surface area (Å²) in [4.78, 5) is 29.3. The van der Waals surface area contributed by atoms with E-state index in [0.29, 0.717) is 12.1 Å². The van der Waals surface area contributed by atoms with Crippen LogP contribution in [-0.4, -0.2) is 39.7 Å². The Morgan fingerprint density at radius 1 is 1.06 bits per heavy atom. The first-order valence-corrected chi connectivity index (χ1v) is 12.6. The van der Waals surface area contributed by atoms with E-state index in [1.165, 1.54) is 0 Å². The molecule has 0 unspecified atom stereocenters. The summed E-state index contributed by atoms with van der Waals surface area (Å²) in [5, 5.41) is 13.6. The summed E-state index contributed by atoms with van der Waals surface area (Å²) in [5.74, 6) is -0.292. The number of aromatic nitrogens is 1. The number of hydrogen-bond acceptors (Lipinski definition) is 4. The zero-order chi connectivity index (χ0) is 24.5. The van der Waals surface area contributed by atoms with Crippen molar-refractivity contribution in [1.82, 2.24) is 14.8 Å². The Kier molecular flexibility index (Phi) is 6.58. The maximum atomic E-state index is 13.6. The summed E-state index contributed by atoms with van der Waals surface area (Å²) in [6, 6.07) is 23.0. The van der Waals surface area contributed by atoms with Gasteiger partial charge in [0, 0.05) is 36.2 Å². The molecule has 0 spiro atoms. The SMILES string of the molecule is CCCN1[C@@H]2c3ccc(-c4ccccc4)c(=O)n3C[C@@H]2[C@@H](CO)[C@@H]1C(=O)N[C@H](C)c1ccccc1. The number of carbonyl (C=O) groups is 1. The summed E-state index contributed by atoms with van der Waals surface area (Å²) in [6.45, 7) is 5.24. The Bertz CT molecular complexity index is 1240. The number of likely N-dealkylation sites (tertiary alicyclic amines) is 1. The number of aliphatic hydroxyl groups excluding tert-OH is 1. The minimum atomic E-state index is -0.432. The maximum Gasteiger partial charge on any atom is 0.258 e. The van der Waals surface area contributed by atoms with E-state index in [9.17, 15) is 14.7 Å². The molecular formula is C29H33N3O3. The molecule has 2 aromatic carbocycles. The molecule has 0 bridgehead atoms. The van der Waals surface area contributed by atoms with E-state index in [2.05, 4.69) is 17.1 Å².